The molecule has 3 heterocycles. The minimum Gasteiger partial charge on any atom is -0.473 e. The fraction of sp³-hybridized carbons (Fsp3) is 0.333. The molecule has 0 radical (unpaired) electrons. The van der Waals surface area contributed by atoms with Crippen molar-refractivity contribution in [1.82, 2.24) is 30.0 Å². The summed E-state index contributed by atoms with van der Waals surface area (Å²) in [5.74, 6) is -1.95. The topological polar surface area (TPSA) is 127 Å². The van der Waals surface area contributed by atoms with Gasteiger partial charge in [-0.2, -0.15) is 5.10 Å². The van der Waals surface area contributed by atoms with Crippen LogP contribution in [0.5, 0.6) is 0 Å². The number of carboxylic acids is 1. The van der Waals surface area contributed by atoms with Gasteiger partial charge >= 0.3 is 11.9 Å². The van der Waals surface area contributed by atoms with Gasteiger partial charge in [0.1, 0.15) is 12.2 Å². The van der Waals surface area contributed by atoms with Gasteiger partial charge in [0.25, 0.3) is 0 Å². The van der Waals surface area contributed by atoms with E-state index in [4.69, 9.17) is 9.84 Å². The molecule has 1 aliphatic heterocycles. The molecule has 0 saturated carbocycles. The Balaban J connectivity index is 1.22. The van der Waals surface area contributed by atoms with Gasteiger partial charge in [-0.05, 0) is 42.3 Å². The number of likely N-dealkylation sites (tertiary alicyclic amines) is 1. The Morgan fingerprint density at radius 2 is 1.97 bits per heavy atom. The van der Waals surface area contributed by atoms with Gasteiger partial charge in [0.15, 0.2) is 5.60 Å². The summed E-state index contributed by atoms with van der Waals surface area (Å²) in [6, 6.07) is 16.4. The minimum atomic E-state index is -1.57. The summed E-state index contributed by atoms with van der Waals surface area (Å²) in [6.07, 6.45) is 5.01. The van der Waals surface area contributed by atoms with Crippen LogP contribution in [0, 0.1) is 0 Å². The normalized spacial score (nSPS) is 15.1. The van der Waals surface area contributed by atoms with Crippen LogP contribution in [0.4, 0.5) is 0 Å². The van der Waals surface area contributed by atoms with Crippen LogP contribution in [-0.2, 0) is 33.7 Å². The molecule has 3 N–H and O–H groups in total. The van der Waals surface area contributed by atoms with Gasteiger partial charge in [-0.3, -0.25) is 10.00 Å². The van der Waals surface area contributed by atoms with E-state index < -0.39 is 17.5 Å². The third kappa shape index (κ3) is 5.87. The molecule has 1 fully saturated rings. The summed E-state index contributed by atoms with van der Waals surface area (Å²) >= 11 is 0. The number of carboxylic acid groups (broad SMARTS) is 1. The highest BCUT2D eigenvalue weighted by Gasteiger charge is 2.48. The van der Waals surface area contributed by atoms with E-state index in [0.29, 0.717) is 26.1 Å². The van der Waals surface area contributed by atoms with Crippen LogP contribution in [0.2, 0.25) is 0 Å². The van der Waals surface area contributed by atoms with Gasteiger partial charge in [-0.1, -0.05) is 36.4 Å². The summed E-state index contributed by atoms with van der Waals surface area (Å²) < 4.78 is 5.50. The van der Waals surface area contributed by atoms with Crippen molar-refractivity contribution in [3.63, 3.8) is 0 Å². The number of H-pyrrole nitrogens is 2. The number of nitrogens with one attached hydrogen (secondary N) is 2. The van der Waals surface area contributed by atoms with E-state index >= 15 is 0 Å². The Morgan fingerprint density at radius 1 is 1.16 bits per heavy atom. The van der Waals surface area contributed by atoms with Crippen molar-refractivity contribution in [2.75, 3.05) is 33.2 Å². The van der Waals surface area contributed by atoms with Crippen molar-refractivity contribution in [2.45, 2.75) is 25.0 Å². The first-order chi connectivity index (χ1) is 17.9. The molecule has 0 spiro atoms. The minimum absolute atomic E-state index is 0.455. The van der Waals surface area contributed by atoms with Crippen LogP contribution in [0.25, 0.3) is 10.9 Å². The SMILES string of the molecule is CN(CCc1c[nH]c2ccc(Cc3ncn[nH]3)cc12)CC1(OC(=O)C(=O)O)CN(Cc2ccccc2)C1. The summed E-state index contributed by atoms with van der Waals surface area (Å²) in [7, 11) is 1.97. The van der Waals surface area contributed by atoms with Crippen molar-refractivity contribution in [3.05, 3.63) is 83.6 Å². The monoisotopic (exact) mass is 502 g/mol. The molecule has 1 aliphatic rings. The number of benzene rings is 2. The molecule has 0 aliphatic carbocycles. The number of esters is 1. The maximum atomic E-state index is 12.0. The van der Waals surface area contributed by atoms with Gasteiger partial charge in [-0.15, -0.1) is 0 Å². The second-order valence-corrected chi connectivity index (χ2v) is 9.80. The predicted octanol–water partition coefficient (Wildman–Crippen LogP) is 2.23. The lowest BCUT2D eigenvalue weighted by molar-refractivity contribution is -0.192. The second-order valence-electron chi connectivity index (χ2n) is 9.80. The highest BCUT2D eigenvalue weighted by molar-refractivity contribution is 6.28. The number of likely N-dealkylation sites (N-methyl/N-ethyl adjacent to an activating group) is 1. The number of fused-ring (bicyclic) bond motifs is 1. The first-order valence-corrected chi connectivity index (χ1v) is 12.2. The number of rotatable bonds is 10. The Kier molecular flexibility index (Phi) is 7.02. The van der Waals surface area contributed by atoms with Crippen molar-refractivity contribution in [3.8, 4) is 0 Å². The molecule has 4 aromatic rings. The maximum absolute atomic E-state index is 12.0. The number of aromatic amines is 2. The quantitative estimate of drug-likeness (QED) is 0.223. The first kappa shape index (κ1) is 24.7. The molecule has 2 aromatic heterocycles. The van der Waals surface area contributed by atoms with Gasteiger partial charge in [0.05, 0.1) is 0 Å². The number of carbonyl (C=O) groups is 2. The molecule has 0 bridgehead atoms. The zero-order valence-electron chi connectivity index (χ0n) is 20.7. The van der Waals surface area contributed by atoms with Gasteiger partial charge in [0.2, 0.25) is 0 Å². The first-order valence-electron chi connectivity index (χ1n) is 12.2. The summed E-state index contributed by atoms with van der Waals surface area (Å²) in [5.41, 5.74) is 3.73. The number of aliphatic carboxylic acids is 1. The van der Waals surface area contributed by atoms with Crippen LogP contribution in [0.1, 0.15) is 22.5 Å². The molecule has 5 rings (SSSR count). The summed E-state index contributed by atoms with van der Waals surface area (Å²) in [6.45, 7) is 2.89. The van der Waals surface area contributed by atoms with E-state index in [0.717, 1.165) is 47.4 Å². The smallest absolute Gasteiger partial charge is 0.417 e. The van der Waals surface area contributed by atoms with Crippen LogP contribution in [-0.4, -0.2) is 85.8 Å². The van der Waals surface area contributed by atoms with Gasteiger partial charge < -0.3 is 19.7 Å². The second kappa shape index (κ2) is 10.5. The Hall–Kier alpha value is -4.02. The number of hydrogen-bond donors (Lipinski definition) is 3. The molecule has 0 amide bonds. The molecular formula is C27H30N6O4. The van der Waals surface area contributed by atoms with Crippen molar-refractivity contribution in [1.29, 1.82) is 0 Å². The highest BCUT2D eigenvalue weighted by atomic mass is 16.6. The van der Waals surface area contributed by atoms with Crippen LogP contribution < -0.4 is 0 Å². The highest BCUT2D eigenvalue weighted by Crippen LogP contribution is 2.29. The van der Waals surface area contributed by atoms with Crippen LogP contribution in [0.15, 0.2) is 61.1 Å². The zero-order chi connectivity index (χ0) is 25.8. The predicted molar refractivity (Wildman–Crippen MR) is 137 cm³/mol. The van der Waals surface area contributed by atoms with Gasteiger partial charge in [0, 0.05) is 56.2 Å². The number of nitrogens with zero attached hydrogens (tertiary/aromatic N) is 4. The molecule has 2 aromatic carbocycles. The van der Waals surface area contributed by atoms with E-state index in [-0.39, 0.29) is 0 Å². The van der Waals surface area contributed by atoms with E-state index in [1.165, 1.54) is 11.9 Å². The average molecular weight is 503 g/mol. The number of aromatic nitrogens is 4. The summed E-state index contributed by atoms with van der Waals surface area (Å²) in [5, 5.41) is 17.1. The van der Waals surface area contributed by atoms with Crippen molar-refractivity contribution >= 4 is 22.8 Å². The molecule has 0 unspecified atom stereocenters. The molecule has 10 nitrogen and oxygen atoms in total. The largest absolute Gasteiger partial charge is 0.473 e. The lowest BCUT2D eigenvalue weighted by Gasteiger charge is -2.50. The Labute approximate surface area is 214 Å². The number of hydrogen-bond acceptors (Lipinski definition) is 7. The third-order valence-corrected chi connectivity index (χ3v) is 6.75. The molecule has 10 heteroatoms. The van der Waals surface area contributed by atoms with Crippen LogP contribution in [0.3, 0.4) is 0 Å². The molecule has 1 saturated heterocycles. The molecule has 192 valence electrons. The standard InChI is InChI=1S/C27H30N6O4/c1-32(10-9-21-13-28-23-8-7-20(11-22(21)23)12-24-29-18-30-31-24)15-27(37-26(36)25(34)35)16-33(17-27)14-19-5-3-2-4-6-19/h2-8,11,13,18,28H,9-10,12,14-17H2,1H3,(H,34,35)(H,29,30,31). The Morgan fingerprint density at radius 3 is 2.70 bits per heavy atom. The lowest BCUT2D eigenvalue weighted by atomic mass is 9.92. The van der Waals surface area contributed by atoms with Crippen LogP contribution >= 0.6 is 0 Å². The van der Waals surface area contributed by atoms with E-state index in [2.05, 4.69) is 48.2 Å². The van der Waals surface area contributed by atoms with Crippen molar-refractivity contribution in [2.24, 2.45) is 0 Å². The fourth-order valence-electron chi connectivity index (χ4n) is 5.09. The van der Waals surface area contributed by atoms with E-state index in [1.807, 2.05) is 43.6 Å². The summed E-state index contributed by atoms with van der Waals surface area (Å²) in [4.78, 5) is 35.0. The Bertz CT molecular complexity index is 1360. The lowest BCUT2D eigenvalue weighted by Crippen LogP contribution is -2.67. The van der Waals surface area contributed by atoms with E-state index in [9.17, 15) is 9.59 Å². The van der Waals surface area contributed by atoms with Gasteiger partial charge in [-0.25, -0.2) is 14.6 Å². The molecule has 0 atom stereocenters. The maximum Gasteiger partial charge on any atom is 0.417 e. The number of ether oxygens (including phenoxy) is 1. The third-order valence-electron chi connectivity index (χ3n) is 6.75. The number of carbonyl (C=O) groups excluding carboxylic acids is 1. The van der Waals surface area contributed by atoms with E-state index in [1.54, 1.807) is 0 Å². The zero-order valence-corrected chi connectivity index (χ0v) is 20.7. The average Bonchev–Trinajstić information content (AvgIpc) is 3.52. The molecule has 37 heavy (non-hydrogen) atoms. The molecular weight excluding hydrogens is 472 g/mol. The van der Waals surface area contributed by atoms with Crippen molar-refractivity contribution < 1.29 is 19.4 Å². The fourth-order valence-corrected chi connectivity index (χ4v) is 5.09.